The molecular weight excluding hydrogens is 196 g/mol. The fourth-order valence-electron chi connectivity index (χ4n) is 2.29. The van der Waals surface area contributed by atoms with E-state index in [1.807, 2.05) is 18.3 Å². The van der Waals surface area contributed by atoms with Gasteiger partial charge < -0.3 is 5.32 Å². The van der Waals surface area contributed by atoms with Gasteiger partial charge in [0.25, 0.3) is 0 Å². The molecule has 0 bridgehead atoms. The third-order valence-corrected chi connectivity index (χ3v) is 3.07. The number of fused-ring (bicyclic) bond motifs is 1. The average molecular weight is 210 g/mol. The highest BCUT2D eigenvalue weighted by Crippen LogP contribution is 2.31. The van der Waals surface area contributed by atoms with Gasteiger partial charge in [-0.25, -0.2) is 0 Å². The van der Waals surface area contributed by atoms with Gasteiger partial charge in [0, 0.05) is 11.9 Å². The van der Waals surface area contributed by atoms with E-state index in [4.69, 9.17) is 0 Å². The molecule has 0 spiro atoms. The minimum Gasteiger partial charge on any atom is -0.377 e. The molecule has 2 aromatic rings. The molecule has 16 heavy (non-hydrogen) atoms. The molecular formula is C14H14N2. The van der Waals surface area contributed by atoms with Crippen LogP contribution in [0, 0.1) is 0 Å². The Kier molecular flexibility index (Phi) is 2.33. The van der Waals surface area contributed by atoms with Crippen LogP contribution in [0.1, 0.15) is 23.7 Å². The van der Waals surface area contributed by atoms with Crippen molar-refractivity contribution >= 4 is 5.69 Å². The Balaban J connectivity index is 1.84. The maximum Gasteiger partial charge on any atom is 0.0691 e. The number of hydrogen-bond acceptors (Lipinski definition) is 2. The zero-order valence-corrected chi connectivity index (χ0v) is 9.06. The van der Waals surface area contributed by atoms with Crippen LogP contribution in [0.4, 0.5) is 5.69 Å². The Morgan fingerprint density at radius 1 is 1.06 bits per heavy atom. The van der Waals surface area contributed by atoms with E-state index in [0.717, 1.165) is 12.8 Å². The second-order valence-corrected chi connectivity index (χ2v) is 4.15. The Morgan fingerprint density at radius 2 is 1.94 bits per heavy atom. The minimum absolute atomic E-state index is 0.374. The summed E-state index contributed by atoms with van der Waals surface area (Å²) in [5.74, 6) is 0. The zero-order chi connectivity index (χ0) is 10.8. The van der Waals surface area contributed by atoms with Crippen LogP contribution >= 0.6 is 0 Å². The van der Waals surface area contributed by atoms with Crippen molar-refractivity contribution in [2.45, 2.75) is 18.9 Å². The Bertz CT molecular complexity index is 479. The molecule has 1 aromatic heterocycles. The first kappa shape index (κ1) is 9.40. The first-order valence-corrected chi connectivity index (χ1v) is 5.69. The highest BCUT2D eigenvalue weighted by atomic mass is 15.0. The van der Waals surface area contributed by atoms with Crippen LogP contribution in [0.3, 0.4) is 0 Å². The van der Waals surface area contributed by atoms with Gasteiger partial charge in [-0.1, -0.05) is 24.3 Å². The number of anilines is 1. The quantitative estimate of drug-likeness (QED) is 0.823. The molecule has 0 amide bonds. The smallest absolute Gasteiger partial charge is 0.0691 e. The molecule has 2 heteroatoms. The van der Waals surface area contributed by atoms with Crippen molar-refractivity contribution in [3.05, 3.63) is 59.9 Å². The molecule has 1 N–H and O–H groups in total. The second-order valence-electron chi connectivity index (χ2n) is 4.15. The SMILES string of the molecule is c1ccc(NC2CCc3cccnc32)cc1. The van der Waals surface area contributed by atoms with Gasteiger partial charge in [-0.2, -0.15) is 0 Å². The normalized spacial score (nSPS) is 18.1. The molecule has 0 aliphatic heterocycles. The molecule has 3 rings (SSSR count). The molecule has 1 aliphatic carbocycles. The summed E-state index contributed by atoms with van der Waals surface area (Å²) in [5.41, 5.74) is 3.77. The molecule has 1 aromatic carbocycles. The van der Waals surface area contributed by atoms with Crippen LogP contribution in [0.25, 0.3) is 0 Å². The Morgan fingerprint density at radius 3 is 2.81 bits per heavy atom. The van der Waals surface area contributed by atoms with Crippen LogP contribution in [-0.2, 0) is 6.42 Å². The van der Waals surface area contributed by atoms with Crippen LogP contribution in [0.15, 0.2) is 48.7 Å². The summed E-state index contributed by atoms with van der Waals surface area (Å²) in [6.07, 6.45) is 4.15. The van der Waals surface area contributed by atoms with Crippen molar-refractivity contribution in [1.82, 2.24) is 4.98 Å². The third-order valence-electron chi connectivity index (χ3n) is 3.07. The number of nitrogens with zero attached hydrogens (tertiary/aromatic N) is 1. The van der Waals surface area contributed by atoms with Gasteiger partial charge in [-0.15, -0.1) is 0 Å². The summed E-state index contributed by atoms with van der Waals surface area (Å²) in [5, 5.41) is 3.53. The highest BCUT2D eigenvalue weighted by Gasteiger charge is 2.22. The molecule has 80 valence electrons. The highest BCUT2D eigenvalue weighted by molar-refractivity contribution is 5.46. The van der Waals surface area contributed by atoms with Gasteiger partial charge in [0.2, 0.25) is 0 Å². The predicted octanol–water partition coefficient (Wildman–Crippen LogP) is 3.18. The summed E-state index contributed by atoms with van der Waals surface area (Å²) in [7, 11) is 0. The maximum absolute atomic E-state index is 4.47. The first-order valence-electron chi connectivity index (χ1n) is 5.69. The van der Waals surface area contributed by atoms with Gasteiger partial charge in [0.1, 0.15) is 0 Å². The summed E-state index contributed by atoms with van der Waals surface area (Å²) in [4.78, 5) is 4.47. The zero-order valence-electron chi connectivity index (χ0n) is 9.06. The average Bonchev–Trinajstić information content (AvgIpc) is 2.74. The monoisotopic (exact) mass is 210 g/mol. The largest absolute Gasteiger partial charge is 0.377 e. The molecule has 1 aliphatic rings. The Hall–Kier alpha value is -1.83. The summed E-state index contributed by atoms with van der Waals surface area (Å²) in [6, 6.07) is 14.9. The molecule has 1 heterocycles. The van der Waals surface area contributed by atoms with E-state index in [1.165, 1.54) is 16.9 Å². The maximum atomic E-state index is 4.47. The van der Waals surface area contributed by atoms with E-state index in [-0.39, 0.29) is 0 Å². The third kappa shape index (κ3) is 1.67. The van der Waals surface area contributed by atoms with Crippen LogP contribution in [0.2, 0.25) is 0 Å². The molecule has 1 unspecified atom stereocenters. The molecule has 0 radical (unpaired) electrons. The van der Waals surface area contributed by atoms with E-state index < -0.39 is 0 Å². The number of para-hydroxylation sites is 1. The van der Waals surface area contributed by atoms with Crippen molar-refractivity contribution in [2.75, 3.05) is 5.32 Å². The number of aryl methyl sites for hydroxylation is 1. The van der Waals surface area contributed by atoms with Crippen LogP contribution in [-0.4, -0.2) is 4.98 Å². The van der Waals surface area contributed by atoms with Gasteiger partial charge in [0.15, 0.2) is 0 Å². The van der Waals surface area contributed by atoms with E-state index in [0.29, 0.717) is 6.04 Å². The molecule has 0 fully saturated rings. The van der Waals surface area contributed by atoms with Crippen molar-refractivity contribution in [3.63, 3.8) is 0 Å². The molecule has 1 atom stereocenters. The van der Waals surface area contributed by atoms with Crippen molar-refractivity contribution in [2.24, 2.45) is 0 Å². The molecule has 2 nitrogen and oxygen atoms in total. The van der Waals surface area contributed by atoms with Crippen LogP contribution in [0.5, 0.6) is 0 Å². The van der Waals surface area contributed by atoms with E-state index in [1.54, 1.807) is 0 Å². The number of pyridine rings is 1. The summed E-state index contributed by atoms with van der Waals surface area (Å²) < 4.78 is 0. The van der Waals surface area contributed by atoms with Gasteiger partial charge >= 0.3 is 0 Å². The van der Waals surface area contributed by atoms with Crippen LogP contribution < -0.4 is 5.32 Å². The van der Waals surface area contributed by atoms with E-state index in [9.17, 15) is 0 Å². The first-order chi connectivity index (χ1) is 7.93. The second kappa shape index (κ2) is 3.97. The number of rotatable bonds is 2. The fraction of sp³-hybridized carbons (Fsp3) is 0.214. The lowest BCUT2D eigenvalue weighted by Crippen LogP contribution is -2.08. The minimum atomic E-state index is 0.374. The Labute approximate surface area is 95.3 Å². The summed E-state index contributed by atoms with van der Waals surface area (Å²) >= 11 is 0. The van der Waals surface area contributed by atoms with Crippen molar-refractivity contribution < 1.29 is 0 Å². The molecule has 0 saturated carbocycles. The number of benzene rings is 1. The topological polar surface area (TPSA) is 24.9 Å². The lowest BCUT2D eigenvalue weighted by Gasteiger charge is -2.14. The fourth-order valence-corrected chi connectivity index (χ4v) is 2.29. The summed E-state index contributed by atoms with van der Waals surface area (Å²) in [6.45, 7) is 0. The van der Waals surface area contributed by atoms with E-state index >= 15 is 0 Å². The lowest BCUT2D eigenvalue weighted by atomic mass is 10.2. The lowest BCUT2D eigenvalue weighted by molar-refractivity contribution is 0.746. The van der Waals surface area contributed by atoms with Gasteiger partial charge in [-0.05, 0) is 36.6 Å². The van der Waals surface area contributed by atoms with Crippen molar-refractivity contribution in [3.8, 4) is 0 Å². The van der Waals surface area contributed by atoms with E-state index in [2.05, 4.69) is 40.6 Å². The predicted molar refractivity (Wildman–Crippen MR) is 65.4 cm³/mol. The number of aromatic nitrogens is 1. The van der Waals surface area contributed by atoms with Gasteiger partial charge in [-0.3, -0.25) is 4.98 Å². The molecule has 0 saturated heterocycles. The number of nitrogens with one attached hydrogen (secondary N) is 1. The van der Waals surface area contributed by atoms with Crippen molar-refractivity contribution in [1.29, 1.82) is 0 Å². The van der Waals surface area contributed by atoms with Gasteiger partial charge in [0.05, 0.1) is 11.7 Å². The number of hydrogen-bond donors (Lipinski definition) is 1. The standard InChI is InChI=1S/C14H14N2/c1-2-6-12(7-3-1)16-13-9-8-11-5-4-10-15-14(11)13/h1-7,10,13,16H,8-9H2.